The Morgan fingerprint density at radius 1 is 1.18 bits per heavy atom. The van der Waals surface area contributed by atoms with Crippen molar-refractivity contribution in [2.45, 2.75) is 52.6 Å². The van der Waals surface area contributed by atoms with E-state index in [9.17, 15) is 4.79 Å². The lowest BCUT2D eigenvalue weighted by Gasteiger charge is -2.24. The van der Waals surface area contributed by atoms with Crippen molar-refractivity contribution in [1.82, 2.24) is 15.3 Å². The van der Waals surface area contributed by atoms with Crippen LogP contribution in [0.2, 0.25) is 0 Å². The van der Waals surface area contributed by atoms with Gasteiger partial charge < -0.3 is 14.6 Å². The molecular weight excluding hydrogens is 352 g/mol. The second kappa shape index (κ2) is 9.35. The zero-order valence-corrected chi connectivity index (χ0v) is 16.8. The summed E-state index contributed by atoms with van der Waals surface area (Å²) in [5.74, 6) is 2.52. The highest BCUT2D eigenvalue weighted by Gasteiger charge is 2.17. The lowest BCUT2D eigenvalue weighted by molar-refractivity contribution is -0.121. The fraction of sp³-hybridized carbons (Fsp3) is 0.409. The summed E-state index contributed by atoms with van der Waals surface area (Å²) >= 11 is 0. The first kappa shape index (κ1) is 19.9. The Morgan fingerprint density at radius 2 is 2.00 bits per heavy atom. The van der Waals surface area contributed by atoms with Crippen molar-refractivity contribution >= 4 is 22.6 Å². The fourth-order valence-electron chi connectivity index (χ4n) is 3.04. The van der Waals surface area contributed by atoms with Crippen LogP contribution < -0.4 is 10.2 Å². The van der Waals surface area contributed by atoms with Gasteiger partial charge in [0, 0.05) is 30.8 Å². The molecule has 0 spiro atoms. The van der Waals surface area contributed by atoms with Gasteiger partial charge in [0.15, 0.2) is 0 Å². The molecule has 0 radical (unpaired) electrons. The van der Waals surface area contributed by atoms with E-state index in [4.69, 9.17) is 9.40 Å². The average molecular weight is 380 g/mol. The van der Waals surface area contributed by atoms with Gasteiger partial charge in [0.05, 0.1) is 18.3 Å². The molecular formula is C22H28N4O2. The number of hydrogen-bond donors (Lipinski definition) is 1. The van der Waals surface area contributed by atoms with E-state index in [1.807, 2.05) is 50.2 Å². The maximum atomic E-state index is 12.3. The molecule has 0 aliphatic carbocycles. The van der Waals surface area contributed by atoms with Crippen LogP contribution in [0.5, 0.6) is 0 Å². The summed E-state index contributed by atoms with van der Waals surface area (Å²) in [6.45, 7) is 7.22. The smallest absolute Gasteiger partial charge is 0.221 e. The number of nitrogens with one attached hydrogen (secondary N) is 1. The molecule has 0 saturated carbocycles. The minimum Gasteiger partial charge on any atom is -0.467 e. The van der Waals surface area contributed by atoms with Gasteiger partial charge >= 0.3 is 0 Å². The first-order valence-electron chi connectivity index (χ1n) is 9.93. The highest BCUT2D eigenvalue weighted by atomic mass is 16.3. The molecule has 0 saturated heterocycles. The molecule has 2 heterocycles. The lowest BCUT2D eigenvalue weighted by Crippen LogP contribution is -2.35. The molecule has 6 heteroatoms. The Balaban J connectivity index is 1.90. The third-order valence-electron chi connectivity index (χ3n) is 4.80. The molecule has 1 amide bonds. The van der Waals surface area contributed by atoms with Crippen molar-refractivity contribution in [2.75, 3.05) is 11.4 Å². The van der Waals surface area contributed by atoms with Gasteiger partial charge in [0.25, 0.3) is 0 Å². The SMILES string of the molecule is CCc1nc(N(CCC(=O)N[C@H](C)CC)Cc2ccco2)c2ccccc2n1. The first-order valence-corrected chi connectivity index (χ1v) is 9.93. The van der Waals surface area contributed by atoms with Gasteiger partial charge in [-0.05, 0) is 37.6 Å². The number of fused-ring (bicyclic) bond motifs is 1. The summed E-state index contributed by atoms with van der Waals surface area (Å²) in [5, 5.41) is 4.01. The number of carbonyl (C=O) groups excluding carboxylic acids is 1. The van der Waals surface area contributed by atoms with Crippen LogP contribution in [0.4, 0.5) is 5.82 Å². The number of nitrogens with zero attached hydrogens (tertiary/aromatic N) is 3. The highest BCUT2D eigenvalue weighted by Crippen LogP contribution is 2.26. The minimum absolute atomic E-state index is 0.0490. The average Bonchev–Trinajstić information content (AvgIpc) is 3.23. The zero-order valence-electron chi connectivity index (χ0n) is 16.8. The Bertz CT molecular complexity index is 908. The maximum absolute atomic E-state index is 12.3. The van der Waals surface area contributed by atoms with Crippen LogP contribution in [0.1, 0.15) is 45.2 Å². The number of aryl methyl sites for hydroxylation is 1. The summed E-state index contributed by atoms with van der Waals surface area (Å²) < 4.78 is 5.56. The second-order valence-electron chi connectivity index (χ2n) is 6.96. The first-order chi connectivity index (χ1) is 13.6. The molecule has 6 nitrogen and oxygen atoms in total. The van der Waals surface area contributed by atoms with Crippen molar-refractivity contribution in [1.29, 1.82) is 0 Å². The monoisotopic (exact) mass is 380 g/mol. The third-order valence-corrected chi connectivity index (χ3v) is 4.80. The van der Waals surface area contributed by atoms with Crippen molar-refractivity contribution in [3.05, 3.63) is 54.2 Å². The normalized spacial score (nSPS) is 12.1. The van der Waals surface area contributed by atoms with Crippen LogP contribution in [0.15, 0.2) is 47.1 Å². The Labute approximate surface area is 166 Å². The lowest BCUT2D eigenvalue weighted by atomic mass is 10.2. The van der Waals surface area contributed by atoms with Crippen molar-refractivity contribution in [3.63, 3.8) is 0 Å². The van der Waals surface area contributed by atoms with Gasteiger partial charge in [0.2, 0.25) is 5.91 Å². The van der Waals surface area contributed by atoms with E-state index in [0.717, 1.165) is 41.1 Å². The van der Waals surface area contributed by atoms with Crippen LogP contribution in [0, 0.1) is 0 Å². The zero-order chi connectivity index (χ0) is 19.9. The molecule has 1 aromatic carbocycles. The van der Waals surface area contributed by atoms with Gasteiger partial charge in [-0.15, -0.1) is 0 Å². The Hall–Kier alpha value is -2.89. The third kappa shape index (κ3) is 4.88. The molecule has 28 heavy (non-hydrogen) atoms. The number of carbonyl (C=O) groups is 1. The van der Waals surface area contributed by atoms with Gasteiger partial charge in [-0.2, -0.15) is 0 Å². The number of rotatable bonds is 9. The topological polar surface area (TPSA) is 71.3 Å². The molecule has 2 aromatic heterocycles. The van der Waals surface area contributed by atoms with E-state index in [1.165, 1.54) is 0 Å². The van der Waals surface area contributed by atoms with Gasteiger partial charge in [-0.1, -0.05) is 26.0 Å². The second-order valence-corrected chi connectivity index (χ2v) is 6.96. The summed E-state index contributed by atoms with van der Waals surface area (Å²) in [6, 6.07) is 12.0. The van der Waals surface area contributed by atoms with Crippen LogP contribution in [-0.2, 0) is 17.8 Å². The summed E-state index contributed by atoms with van der Waals surface area (Å²) in [5.41, 5.74) is 0.915. The number of aromatic nitrogens is 2. The number of hydrogen-bond acceptors (Lipinski definition) is 5. The van der Waals surface area contributed by atoms with E-state index < -0.39 is 0 Å². The predicted molar refractivity (Wildman–Crippen MR) is 111 cm³/mol. The molecule has 0 unspecified atom stereocenters. The number of furan rings is 1. The van der Waals surface area contributed by atoms with Crippen LogP contribution in [0.3, 0.4) is 0 Å². The molecule has 0 aliphatic heterocycles. The van der Waals surface area contributed by atoms with E-state index in [-0.39, 0.29) is 11.9 Å². The van der Waals surface area contributed by atoms with E-state index in [1.54, 1.807) is 6.26 Å². The largest absolute Gasteiger partial charge is 0.467 e. The van der Waals surface area contributed by atoms with E-state index in [0.29, 0.717) is 19.5 Å². The molecule has 1 N–H and O–H groups in total. The summed E-state index contributed by atoms with van der Waals surface area (Å²) in [6.07, 6.45) is 3.72. The van der Waals surface area contributed by atoms with Gasteiger partial charge in [-0.25, -0.2) is 9.97 Å². The Morgan fingerprint density at radius 3 is 2.71 bits per heavy atom. The van der Waals surface area contributed by atoms with Crippen LogP contribution in [-0.4, -0.2) is 28.5 Å². The predicted octanol–water partition coefficient (Wildman–Crippen LogP) is 4.10. The number of amides is 1. The van der Waals surface area contributed by atoms with Crippen molar-refractivity contribution in [3.8, 4) is 0 Å². The number of para-hydroxylation sites is 1. The summed E-state index contributed by atoms with van der Waals surface area (Å²) in [7, 11) is 0. The highest BCUT2D eigenvalue weighted by molar-refractivity contribution is 5.89. The molecule has 148 valence electrons. The quantitative estimate of drug-likeness (QED) is 0.605. The van der Waals surface area contributed by atoms with Crippen LogP contribution >= 0.6 is 0 Å². The molecule has 0 aliphatic rings. The molecule has 0 fully saturated rings. The minimum atomic E-state index is 0.0490. The van der Waals surface area contributed by atoms with Crippen molar-refractivity contribution < 1.29 is 9.21 Å². The van der Waals surface area contributed by atoms with Gasteiger partial charge in [-0.3, -0.25) is 4.79 Å². The standard InChI is InChI=1S/C22H28N4O2/c1-4-16(3)23-21(27)12-13-26(15-17-9-8-14-28-17)22-18-10-6-7-11-19(18)24-20(5-2)25-22/h6-11,14,16H,4-5,12-13,15H2,1-3H3,(H,23,27)/t16-/m1/s1. The van der Waals surface area contributed by atoms with Crippen molar-refractivity contribution in [2.24, 2.45) is 0 Å². The molecule has 3 rings (SSSR count). The Kier molecular flexibility index (Phi) is 6.63. The maximum Gasteiger partial charge on any atom is 0.221 e. The summed E-state index contributed by atoms with van der Waals surface area (Å²) in [4.78, 5) is 23.9. The number of benzene rings is 1. The van der Waals surface area contributed by atoms with E-state index >= 15 is 0 Å². The molecule has 0 bridgehead atoms. The fourth-order valence-corrected chi connectivity index (χ4v) is 3.04. The van der Waals surface area contributed by atoms with E-state index in [2.05, 4.69) is 22.1 Å². The number of anilines is 1. The molecule has 1 atom stereocenters. The van der Waals surface area contributed by atoms with Crippen LogP contribution in [0.25, 0.3) is 10.9 Å². The molecule has 3 aromatic rings. The van der Waals surface area contributed by atoms with Gasteiger partial charge in [0.1, 0.15) is 17.4 Å².